The Morgan fingerprint density at radius 1 is 1.43 bits per heavy atom. The lowest BCUT2D eigenvalue weighted by Gasteiger charge is -2.17. The number of fused-ring (bicyclic) bond motifs is 1. The predicted octanol–water partition coefficient (Wildman–Crippen LogP) is 1.75. The average molecular weight is 320 g/mol. The van der Waals surface area contributed by atoms with E-state index < -0.39 is 0 Å². The Morgan fingerprint density at radius 3 is 3.09 bits per heavy atom. The van der Waals surface area contributed by atoms with Gasteiger partial charge in [0.1, 0.15) is 0 Å². The number of amides is 1. The molecule has 1 amide bonds. The number of hydrogen-bond acceptors (Lipinski definition) is 4. The topological polar surface area (TPSA) is 50.6 Å². The maximum atomic E-state index is 12.6. The quantitative estimate of drug-likeness (QED) is 0.829. The minimum Gasteiger partial charge on any atom is -0.378 e. The highest BCUT2D eigenvalue weighted by atomic mass is 16.5. The number of hydrogen-bond donors (Lipinski definition) is 0. The maximum Gasteiger partial charge on any atom is 0.274 e. The number of ether oxygens (including phenoxy) is 1. The van der Waals surface area contributed by atoms with Gasteiger partial charge in [0.15, 0.2) is 5.69 Å². The van der Waals surface area contributed by atoms with E-state index in [0.29, 0.717) is 11.8 Å². The molecule has 6 nitrogen and oxygen atoms in total. The molecule has 3 rings (SSSR count). The van der Waals surface area contributed by atoms with Crippen molar-refractivity contribution in [2.24, 2.45) is 0 Å². The fourth-order valence-corrected chi connectivity index (χ4v) is 3.45. The van der Waals surface area contributed by atoms with Gasteiger partial charge in [-0.1, -0.05) is 0 Å². The molecule has 1 fully saturated rings. The highest BCUT2D eigenvalue weighted by molar-refractivity contribution is 5.92. The molecule has 1 saturated heterocycles. The summed E-state index contributed by atoms with van der Waals surface area (Å²) in [4.78, 5) is 16.6. The van der Waals surface area contributed by atoms with Crippen LogP contribution in [0, 0.1) is 0 Å². The summed E-state index contributed by atoms with van der Waals surface area (Å²) in [5, 5.41) is 4.53. The third-order valence-corrected chi connectivity index (χ3v) is 4.81. The molecule has 3 heterocycles. The molecule has 6 heteroatoms. The molecule has 0 radical (unpaired) electrons. The Kier molecular flexibility index (Phi) is 5.33. The van der Waals surface area contributed by atoms with Crippen LogP contribution in [0.4, 0.5) is 0 Å². The molecule has 0 aromatic carbocycles. The third-order valence-electron chi connectivity index (χ3n) is 4.81. The summed E-state index contributed by atoms with van der Waals surface area (Å²) in [5.41, 5.74) is 1.72. The standard InChI is InChI=1S/C17H28N4O2/c1-19-8-5-10-21-14(13-19)12-16(18-21)17(22)20(2)9-3-6-15-7-4-11-23-15/h12,15H,3-11,13H2,1-2H3/t15-/m0/s1. The van der Waals surface area contributed by atoms with Gasteiger partial charge in [-0.3, -0.25) is 9.48 Å². The monoisotopic (exact) mass is 320 g/mol. The van der Waals surface area contributed by atoms with Crippen LogP contribution in [-0.2, 0) is 17.8 Å². The second kappa shape index (κ2) is 7.45. The largest absolute Gasteiger partial charge is 0.378 e. The predicted molar refractivity (Wildman–Crippen MR) is 88.3 cm³/mol. The molecule has 1 atom stereocenters. The number of carbonyl (C=O) groups excluding carboxylic acids is 1. The molecule has 1 aromatic heterocycles. The van der Waals surface area contributed by atoms with Crippen LogP contribution in [0.1, 0.15) is 48.3 Å². The van der Waals surface area contributed by atoms with Crippen LogP contribution < -0.4 is 0 Å². The van der Waals surface area contributed by atoms with Gasteiger partial charge in [-0.25, -0.2) is 0 Å². The van der Waals surface area contributed by atoms with Crippen molar-refractivity contribution in [2.75, 3.05) is 33.8 Å². The smallest absolute Gasteiger partial charge is 0.274 e. The Morgan fingerprint density at radius 2 is 2.30 bits per heavy atom. The van der Waals surface area contributed by atoms with Crippen molar-refractivity contribution < 1.29 is 9.53 Å². The first-order valence-corrected chi connectivity index (χ1v) is 8.76. The number of rotatable bonds is 5. The van der Waals surface area contributed by atoms with Gasteiger partial charge in [-0.05, 0) is 45.2 Å². The zero-order valence-corrected chi connectivity index (χ0v) is 14.3. The minimum absolute atomic E-state index is 0.0283. The van der Waals surface area contributed by atoms with Gasteiger partial charge in [-0.2, -0.15) is 5.10 Å². The van der Waals surface area contributed by atoms with E-state index in [1.54, 1.807) is 4.90 Å². The molecule has 0 saturated carbocycles. The van der Waals surface area contributed by atoms with E-state index in [-0.39, 0.29) is 5.91 Å². The van der Waals surface area contributed by atoms with Crippen LogP contribution in [0.2, 0.25) is 0 Å². The molecular formula is C17H28N4O2. The fourth-order valence-electron chi connectivity index (χ4n) is 3.45. The van der Waals surface area contributed by atoms with Crippen LogP contribution in [0.3, 0.4) is 0 Å². The Hall–Kier alpha value is -1.40. The molecule has 0 spiro atoms. The van der Waals surface area contributed by atoms with E-state index in [4.69, 9.17) is 4.74 Å². The van der Waals surface area contributed by atoms with Crippen molar-refractivity contribution in [3.63, 3.8) is 0 Å². The summed E-state index contributed by atoms with van der Waals surface area (Å²) >= 11 is 0. The number of carbonyl (C=O) groups is 1. The second-order valence-electron chi connectivity index (χ2n) is 6.84. The zero-order valence-electron chi connectivity index (χ0n) is 14.3. The lowest BCUT2D eigenvalue weighted by molar-refractivity contribution is 0.0757. The Bertz CT molecular complexity index is 537. The molecule has 0 unspecified atom stereocenters. The molecule has 2 aliphatic rings. The lowest BCUT2D eigenvalue weighted by atomic mass is 10.1. The number of aryl methyl sites for hydroxylation is 1. The molecule has 23 heavy (non-hydrogen) atoms. The van der Waals surface area contributed by atoms with Crippen LogP contribution in [0.15, 0.2) is 6.07 Å². The van der Waals surface area contributed by atoms with E-state index in [0.717, 1.165) is 57.7 Å². The third kappa shape index (κ3) is 4.12. The van der Waals surface area contributed by atoms with Crippen molar-refractivity contribution in [3.8, 4) is 0 Å². The van der Waals surface area contributed by atoms with Crippen molar-refractivity contribution in [2.45, 2.75) is 51.3 Å². The first-order valence-electron chi connectivity index (χ1n) is 8.76. The molecule has 1 aromatic rings. The zero-order chi connectivity index (χ0) is 16.2. The van der Waals surface area contributed by atoms with Gasteiger partial charge in [0.05, 0.1) is 11.8 Å². The second-order valence-corrected chi connectivity index (χ2v) is 6.84. The fraction of sp³-hybridized carbons (Fsp3) is 0.765. The molecule has 0 bridgehead atoms. The molecule has 2 aliphatic heterocycles. The van der Waals surface area contributed by atoms with Crippen molar-refractivity contribution in [1.29, 1.82) is 0 Å². The number of aromatic nitrogens is 2. The lowest BCUT2D eigenvalue weighted by Crippen LogP contribution is -2.28. The van der Waals surface area contributed by atoms with Crippen LogP contribution in [-0.4, -0.2) is 65.4 Å². The van der Waals surface area contributed by atoms with Crippen LogP contribution in [0.25, 0.3) is 0 Å². The summed E-state index contributed by atoms with van der Waals surface area (Å²) < 4.78 is 7.63. The van der Waals surface area contributed by atoms with Crippen LogP contribution >= 0.6 is 0 Å². The molecular weight excluding hydrogens is 292 g/mol. The summed E-state index contributed by atoms with van der Waals surface area (Å²) in [6.07, 6.45) is 5.85. The summed E-state index contributed by atoms with van der Waals surface area (Å²) in [6, 6.07) is 1.96. The van der Waals surface area contributed by atoms with Gasteiger partial charge in [0.2, 0.25) is 0 Å². The molecule has 0 aliphatic carbocycles. The first-order chi connectivity index (χ1) is 11.1. The van der Waals surface area contributed by atoms with Gasteiger partial charge in [0.25, 0.3) is 5.91 Å². The Balaban J connectivity index is 1.53. The normalized spacial score (nSPS) is 21.9. The minimum atomic E-state index is 0.0283. The highest BCUT2D eigenvalue weighted by Crippen LogP contribution is 2.17. The Labute approximate surface area is 138 Å². The first kappa shape index (κ1) is 16.5. The number of nitrogens with zero attached hydrogens (tertiary/aromatic N) is 4. The average Bonchev–Trinajstić information content (AvgIpc) is 3.14. The molecule has 128 valence electrons. The summed E-state index contributed by atoms with van der Waals surface area (Å²) in [7, 11) is 3.98. The summed E-state index contributed by atoms with van der Waals surface area (Å²) in [5.74, 6) is 0.0283. The van der Waals surface area contributed by atoms with Gasteiger partial charge in [-0.15, -0.1) is 0 Å². The van der Waals surface area contributed by atoms with Gasteiger partial charge in [0, 0.05) is 39.8 Å². The SMILES string of the molecule is CN1CCCn2nc(C(=O)N(C)CCC[C@H]3CCCO3)cc2C1. The van der Waals surface area contributed by atoms with E-state index in [1.807, 2.05) is 17.8 Å². The highest BCUT2D eigenvalue weighted by Gasteiger charge is 2.21. The van der Waals surface area contributed by atoms with E-state index in [9.17, 15) is 4.79 Å². The van der Waals surface area contributed by atoms with Gasteiger partial charge >= 0.3 is 0 Å². The summed E-state index contributed by atoms with van der Waals surface area (Å²) in [6.45, 7) is 4.50. The van der Waals surface area contributed by atoms with E-state index >= 15 is 0 Å². The molecule has 0 N–H and O–H groups in total. The van der Waals surface area contributed by atoms with Crippen molar-refractivity contribution >= 4 is 5.91 Å². The van der Waals surface area contributed by atoms with E-state index in [2.05, 4.69) is 17.0 Å². The van der Waals surface area contributed by atoms with Crippen molar-refractivity contribution in [3.05, 3.63) is 17.5 Å². The van der Waals surface area contributed by atoms with E-state index in [1.165, 1.54) is 12.8 Å². The van der Waals surface area contributed by atoms with Crippen molar-refractivity contribution in [1.82, 2.24) is 19.6 Å². The van der Waals surface area contributed by atoms with Crippen LogP contribution in [0.5, 0.6) is 0 Å². The van der Waals surface area contributed by atoms with Gasteiger partial charge < -0.3 is 14.5 Å². The maximum absolute atomic E-state index is 12.6.